The second-order valence-electron chi connectivity index (χ2n) is 10.2. The first kappa shape index (κ1) is 25.1. The van der Waals surface area contributed by atoms with Gasteiger partial charge in [0.15, 0.2) is 0 Å². The van der Waals surface area contributed by atoms with Gasteiger partial charge in [0.1, 0.15) is 0 Å². The Balaban J connectivity index is 0.000000202. The maximum absolute atomic E-state index is 4.39. The predicted octanol–water partition coefficient (Wildman–Crippen LogP) is 6.53. The third-order valence-corrected chi connectivity index (χ3v) is 7.97. The largest absolute Gasteiger partial charge is 0.285 e. The maximum atomic E-state index is 4.39. The van der Waals surface area contributed by atoms with Crippen molar-refractivity contribution in [2.75, 3.05) is 24.6 Å². The molecule has 0 bridgehead atoms. The molecule has 3 heterocycles. The van der Waals surface area contributed by atoms with Gasteiger partial charge >= 0.3 is 0 Å². The van der Waals surface area contributed by atoms with Gasteiger partial charge < -0.3 is 0 Å². The number of aliphatic imine (C=N–C) groups is 3. The lowest BCUT2D eigenvalue weighted by Crippen LogP contribution is -2.24. The summed E-state index contributed by atoms with van der Waals surface area (Å²) in [7, 11) is 0. The molecule has 0 saturated carbocycles. The van der Waals surface area contributed by atoms with Gasteiger partial charge in [0.2, 0.25) is 0 Å². The van der Waals surface area contributed by atoms with Crippen LogP contribution in [0.25, 0.3) is 0 Å². The van der Waals surface area contributed by atoms with Gasteiger partial charge in [-0.3, -0.25) is 15.0 Å². The molecule has 27 heavy (non-hydrogen) atoms. The predicted molar refractivity (Wildman–Crippen MR) is 133 cm³/mol. The first-order valence-electron chi connectivity index (χ1n) is 9.76. The lowest BCUT2D eigenvalue weighted by Gasteiger charge is -2.24. The minimum atomic E-state index is 0.293. The molecule has 2 atom stereocenters. The van der Waals surface area contributed by atoms with Crippen molar-refractivity contribution < 1.29 is 0 Å². The van der Waals surface area contributed by atoms with E-state index >= 15 is 0 Å². The van der Waals surface area contributed by atoms with E-state index in [0.717, 1.165) is 13.1 Å². The molecule has 3 aliphatic heterocycles. The molecule has 0 radical (unpaired) electrons. The van der Waals surface area contributed by atoms with E-state index in [-0.39, 0.29) is 0 Å². The molecule has 3 nitrogen and oxygen atoms in total. The first-order chi connectivity index (χ1) is 12.3. The van der Waals surface area contributed by atoms with Crippen LogP contribution in [0.2, 0.25) is 0 Å². The molecule has 0 aromatic carbocycles. The van der Waals surface area contributed by atoms with Gasteiger partial charge in [-0.2, -0.15) is 0 Å². The summed E-state index contributed by atoms with van der Waals surface area (Å²) in [4.78, 5) is 12.9. The lowest BCUT2D eigenvalue weighted by atomic mass is 9.88. The minimum Gasteiger partial charge on any atom is -0.285 e. The highest BCUT2D eigenvalue weighted by Gasteiger charge is 2.26. The average Bonchev–Trinajstić information content (AvgIpc) is 3.28. The van der Waals surface area contributed by atoms with Crippen LogP contribution in [0.15, 0.2) is 15.0 Å². The molecular formula is C21H39N3S3. The molecule has 3 aliphatic rings. The monoisotopic (exact) mass is 429 g/mol. The van der Waals surface area contributed by atoms with Crippen LogP contribution in [-0.4, -0.2) is 52.0 Å². The number of rotatable bonds is 0. The fraction of sp³-hybridized carbons (Fsp3) is 0.857. The topological polar surface area (TPSA) is 37.1 Å². The highest BCUT2D eigenvalue weighted by molar-refractivity contribution is 8.14. The summed E-state index contributed by atoms with van der Waals surface area (Å²) in [5.74, 6) is 2.36. The van der Waals surface area contributed by atoms with Crippen LogP contribution in [0.3, 0.4) is 0 Å². The SMILES string of the molecule is CC(C)(C)C1=NCCS1.CC(C)(C)[C@@H]1CSC=N1.CC(C)(C)[C@H]1CN=CS1. The van der Waals surface area contributed by atoms with E-state index in [2.05, 4.69) is 77.3 Å². The summed E-state index contributed by atoms with van der Waals surface area (Å²) in [6.07, 6.45) is 0. The molecule has 0 fully saturated rings. The summed E-state index contributed by atoms with van der Waals surface area (Å²) in [5.41, 5.74) is 5.01. The fourth-order valence-corrected chi connectivity index (χ4v) is 5.31. The summed E-state index contributed by atoms with van der Waals surface area (Å²) in [6.45, 7) is 22.2. The number of hydrogen-bond acceptors (Lipinski definition) is 6. The molecule has 0 amide bonds. The maximum Gasteiger partial charge on any atom is 0.0730 e. The standard InChI is InChI=1S/3C7H13NS/c1-7(2,3)6-4-9-5-8-6;1-7(2,3)6-4-8-5-9-6;1-7(2,3)6-8-4-5-9-6/h2*5-6H,4H2,1-3H3;4-5H2,1-3H3/t2*6-;/m01./s1. The zero-order valence-corrected chi connectivity index (χ0v) is 21.2. The van der Waals surface area contributed by atoms with Gasteiger partial charge in [0.25, 0.3) is 0 Å². The number of nitrogens with zero attached hydrogens (tertiary/aromatic N) is 3. The van der Waals surface area contributed by atoms with Crippen LogP contribution >= 0.6 is 35.3 Å². The highest BCUT2D eigenvalue weighted by Crippen LogP contribution is 2.32. The Morgan fingerprint density at radius 3 is 1.81 bits per heavy atom. The summed E-state index contributed by atoms with van der Waals surface area (Å²) in [5, 5.41) is 2.03. The Labute approximate surface area is 180 Å². The van der Waals surface area contributed by atoms with Crippen molar-refractivity contribution in [2.45, 2.75) is 73.6 Å². The zero-order valence-electron chi connectivity index (χ0n) is 18.7. The van der Waals surface area contributed by atoms with Crippen molar-refractivity contribution >= 4 is 51.4 Å². The van der Waals surface area contributed by atoms with Crippen molar-refractivity contribution in [3.63, 3.8) is 0 Å². The Kier molecular flexibility index (Phi) is 9.97. The fourth-order valence-electron chi connectivity index (χ4n) is 2.33. The number of hydrogen-bond donors (Lipinski definition) is 0. The van der Waals surface area contributed by atoms with E-state index in [9.17, 15) is 0 Å². The Hall–Kier alpha value is 0.0600. The van der Waals surface area contributed by atoms with E-state index in [4.69, 9.17) is 0 Å². The van der Waals surface area contributed by atoms with Crippen molar-refractivity contribution in [1.82, 2.24) is 0 Å². The van der Waals surface area contributed by atoms with Crippen molar-refractivity contribution in [3.05, 3.63) is 0 Å². The molecule has 0 aliphatic carbocycles. The van der Waals surface area contributed by atoms with Crippen LogP contribution < -0.4 is 0 Å². The van der Waals surface area contributed by atoms with E-state index in [0.29, 0.717) is 27.5 Å². The van der Waals surface area contributed by atoms with Gasteiger partial charge in [-0.15, -0.1) is 35.3 Å². The molecule has 0 spiro atoms. The van der Waals surface area contributed by atoms with Gasteiger partial charge in [0.05, 0.1) is 28.7 Å². The Morgan fingerprint density at radius 1 is 0.926 bits per heavy atom. The van der Waals surface area contributed by atoms with Crippen LogP contribution in [0.4, 0.5) is 0 Å². The third-order valence-electron chi connectivity index (χ3n) is 4.33. The molecule has 0 saturated heterocycles. The van der Waals surface area contributed by atoms with Crippen molar-refractivity contribution in [1.29, 1.82) is 0 Å². The van der Waals surface area contributed by atoms with Crippen LogP contribution in [-0.2, 0) is 0 Å². The van der Waals surface area contributed by atoms with Crippen LogP contribution in [0, 0.1) is 16.2 Å². The quantitative estimate of drug-likeness (QED) is 0.439. The Bertz CT molecular complexity index is 526. The molecular weight excluding hydrogens is 390 g/mol. The van der Waals surface area contributed by atoms with Crippen molar-refractivity contribution in [3.8, 4) is 0 Å². The molecule has 0 unspecified atom stereocenters. The molecule has 156 valence electrons. The molecule has 0 aromatic rings. The van der Waals surface area contributed by atoms with E-state index in [1.54, 1.807) is 0 Å². The summed E-state index contributed by atoms with van der Waals surface area (Å²) >= 11 is 5.57. The average molecular weight is 430 g/mol. The van der Waals surface area contributed by atoms with E-state index < -0.39 is 0 Å². The lowest BCUT2D eigenvalue weighted by molar-refractivity contribution is 0.349. The van der Waals surface area contributed by atoms with Crippen molar-refractivity contribution in [2.24, 2.45) is 31.2 Å². The number of thioether (sulfide) groups is 3. The van der Waals surface area contributed by atoms with Gasteiger partial charge in [0, 0.05) is 28.7 Å². The highest BCUT2D eigenvalue weighted by atomic mass is 32.2. The van der Waals surface area contributed by atoms with Crippen LogP contribution in [0.1, 0.15) is 62.3 Å². The molecule has 0 N–H and O–H groups in total. The minimum absolute atomic E-state index is 0.293. The van der Waals surface area contributed by atoms with Gasteiger partial charge in [-0.1, -0.05) is 62.3 Å². The molecule has 6 heteroatoms. The molecule has 3 rings (SSSR count). The third kappa shape index (κ3) is 9.89. The second kappa shape index (κ2) is 10.7. The second-order valence-corrected chi connectivity index (χ2v) is 13.2. The normalized spacial score (nSPS) is 24.9. The zero-order chi connectivity index (χ0) is 20.7. The summed E-state index contributed by atoms with van der Waals surface area (Å²) in [6, 6.07) is 0.544. The van der Waals surface area contributed by atoms with E-state index in [1.807, 2.05) is 46.4 Å². The Morgan fingerprint density at radius 2 is 1.59 bits per heavy atom. The smallest absolute Gasteiger partial charge is 0.0730 e. The van der Waals surface area contributed by atoms with Crippen LogP contribution in [0.5, 0.6) is 0 Å². The van der Waals surface area contributed by atoms with Gasteiger partial charge in [-0.25, -0.2) is 0 Å². The van der Waals surface area contributed by atoms with E-state index in [1.165, 1.54) is 16.5 Å². The summed E-state index contributed by atoms with van der Waals surface area (Å²) < 4.78 is 0. The van der Waals surface area contributed by atoms with Gasteiger partial charge in [-0.05, 0) is 10.8 Å². The first-order valence-corrected chi connectivity index (χ1v) is 12.7. The molecule has 0 aromatic heterocycles.